The van der Waals surface area contributed by atoms with Crippen LogP contribution in [0.4, 0.5) is 8.78 Å². The minimum atomic E-state index is -0.538. The number of H-pyrrole nitrogens is 1. The summed E-state index contributed by atoms with van der Waals surface area (Å²) in [5, 5.41) is 1.11. The van der Waals surface area contributed by atoms with Crippen LogP contribution in [0.1, 0.15) is 11.1 Å². The fourth-order valence-corrected chi connectivity index (χ4v) is 3.15. The molecule has 1 atom stereocenters. The number of aromatic amines is 1. The highest BCUT2D eigenvalue weighted by Gasteiger charge is 2.17. The van der Waals surface area contributed by atoms with Crippen molar-refractivity contribution in [1.82, 2.24) is 9.88 Å². The van der Waals surface area contributed by atoms with Crippen LogP contribution in [0.5, 0.6) is 5.75 Å². The van der Waals surface area contributed by atoms with Crippen LogP contribution in [0.15, 0.2) is 42.6 Å². The first-order valence-electron chi connectivity index (χ1n) is 8.21. The monoisotopic (exact) mass is 344 g/mol. The normalized spacial score (nSPS) is 12.7. The summed E-state index contributed by atoms with van der Waals surface area (Å²) < 4.78 is 32.3. The minimum absolute atomic E-state index is 0.117. The summed E-state index contributed by atoms with van der Waals surface area (Å²) >= 11 is 0. The number of methoxy groups -OCH3 is 1. The molecule has 3 nitrogen and oxygen atoms in total. The van der Waals surface area contributed by atoms with E-state index in [9.17, 15) is 8.78 Å². The van der Waals surface area contributed by atoms with Crippen LogP contribution in [-0.4, -0.2) is 37.1 Å². The number of benzene rings is 2. The number of hydrogen-bond donors (Lipinski definition) is 1. The van der Waals surface area contributed by atoms with Gasteiger partial charge in [-0.25, -0.2) is 8.78 Å². The van der Waals surface area contributed by atoms with Crippen LogP contribution in [0.2, 0.25) is 0 Å². The molecule has 0 aliphatic rings. The van der Waals surface area contributed by atoms with E-state index < -0.39 is 11.6 Å². The average molecular weight is 344 g/mol. The summed E-state index contributed by atoms with van der Waals surface area (Å²) in [6.45, 7) is 0. The van der Waals surface area contributed by atoms with Gasteiger partial charge in [-0.2, -0.15) is 0 Å². The van der Waals surface area contributed by atoms with Crippen molar-refractivity contribution in [3.05, 3.63) is 65.4 Å². The van der Waals surface area contributed by atoms with Crippen molar-refractivity contribution in [1.29, 1.82) is 0 Å². The van der Waals surface area contributed by atoms with Gasteiger partial charge in [-0.3, -0.25) is 0 Å². The van der Waals surface area contributed by atoms with E-state index in [0.29, 0.717) is 12.0 Å². The third-order valence-electron chi connectivity index (χ3n) is 4.55. The summed E-state index contributed by atoms with van der Waals surface area (Å²) in [7, 11) is 5.61. The van der Waals surface area contributed by atoms with Gasteiger partial charge in [-0.1, -0.05) is 0 Å². The van der Waals surface area contributed by atoms with Crippen molar-refractivity contribution in [3.63, 3.8) is 0 Å². The predicted molar refractivity (Wildman–Crippen MR) is 96.1 cm³/mol. The Morgan fingerprint density at radius 1 is 1.04 bits per heavy atom. The molecule has 0 saturated heterocycles. The van der Waals surface area contributed by atoms with Gasteiger partial charge in [0.05, 0.1) is 7.11 Å². The third-order valence-corrected chi connectivity index (χ3v) is 4.55. The molecular formula is C20H22F2N2O. The Kier molecular flexibility index (Phi) is 5.04. The molecule has 2 aromatic carbocycles. The molecule has 3 rings (SSSR count). The lowest BCUT2D eigenvalue weighted by molar-refractivity contribution is 0.289. The second kappa shape index (κ2) is 7.23. The summed E-state index contributed by atoms with van der Waals surface area (Å²) in [6, 6.07) is 9.74. The van der Waals surface area contributed by atoms with E-state index in [0.717, 1.165) is 34.7 Å². The molecule has 1 heterocycles. The van der Waals surface area contributed by atoms with Gasteiger partial charge in [0.15, 0.2) is 0 Å². The molecule has 5 heteroatoms. The zero-order chi connectivity index (χ0) is 18.0. The van der Waals surface area contributed by atoms with E-state index >= 15 is 0 Å². The average Bonchev–Trinajstić information content (AvgIpc) is 2.95. The number of nitrogens with one attached hydrogen (secondary N) is 1. The van der Waals surface area contributed by atoms with Crippen molar-refractivity contribution in [3.8, 4) is 5.75 Å². The highest BCUT2D eigenvalue weighted by atomic mass is 19.1. The second-order valence-electron chi connectivity index (χ2n) is 6.53. The number of ether oxygens (including phenoxy) is 1. The van der Waals surface area contributed by atoms with E-state index in [4.69, 9.17) is 4.74 Å². The number of rotatable bonds is 6. The van der Waals surface area contributed by atoms with Crippen LogP contribution in [0.3, 0.4) is 0 Å². The lowest BCUT2D eigenvalue weighted by Crippen LogP contribution is -2.32. The van der Waals surface area contributed by atoms with E-state index in [1.54, 1.807) is 7.11 Å². The molecule has 0 radical (unpaired) electrons. The van der Waals surface area contributed by atoms with Gasteiger partial charge in [-0.15, -0.1) is 0 Å². The SMILES string of the molecule is COc1ccc2[nH]cc(CC(Cc3cc(F)cc(F)c3)N(C)C)c2c1. The number of aromatic nitrogens is 1. The molecule has 3 aromatic rings. The Morgan fingerprint density at radius 3 is 2.40 bits per heavy atom. The Balaban J connectivity index is 1.87. The van der Waals surface area contributed by atoms with E-state index in [2.05, 4.69) is 9.88 Å². The zero-order valence-corrected chi connectivity index (χ0v) is 14.6. The standard InChI is InChI=1S/C20H22F2N2O/c1-24(2)17(8-13-6-15(21)10-16(22)7-13)9-14-12-23-20-5-4-18(25-3)11-19(14)20/h4-7,10-12,17,23H,8-9H2,1-3H3. The first-order chi connectivity index (χ1) is 12.0. The van der Waals surface area contributed by atoms with Crippen LogP contribution in [0.25, 0.3) is 10.9 Å². The van der Waals surface area contributed by atoms with E-state index in [1.807, 2.05) is 38.5 Å². The van der Waals surface area contributed by atoms with Crippen LogP contribution in [0, 0.1) is 11.6 Å². The molecule has 132 valence electrons. The predicted octanol–water partition coefficient (Wildman–Crippen LogP) is 4.17. The number of hydrogen-bond acceptors (Lipinski definition) is 2. The van der Waals surface area contributed by atoms with Crippen molar-refractivity contribution in [2.24, 2.45) is 0 Å². The van der Waals surface area contributed by atoms with Gasteiger partial charge < -0.3 is 14.6 Å². The smallest absolute Gasteiger partial charge is 0.126 e. The molecular weight excluding hydrogens is 322 g/mol. The number of fused-ring (bicyclic) bond motifs is 1. The van der Waals surface area contributed by atoms with Crippen LogP contribution >= 0.6 is 0 Å². The molecule has 1 aromatic heterocycles. The Bertz CT molecular complexity index is 853. The maximum Gasteiger partial charge on any atom is 0.126 e. The van der Waals surface area contributed by atoms with Crippen molar-refractivity contribution < 1.29 is 13.5 Å². The summed E-state index contributed by atoms with van der Waals surface area (Å²) in [5.41, 5.74) is 2.86. The maximum atomic E-state index is 13.5. The molecule has 1 unspecified atom stereocenters. The number of nitrogens with zero attached hydrogens (tertiary/aromatic N) is 1. The molecule has 0 spiro atoms. The van der Waals surface area contributed by atoms with Crippen molar-refractivity contribution >= 4 is 10.9 Å². The molecule has 0 fully saturated rings. The molecule has 0 bridgehead atoms. The van der Waals surface area contributed by atoms with Gasteiger partial charge >= 0.3 is 0 Å². The summed E-state index contributed by atoms with van der Waals surface area (Å²) in [4.78, 5) is 5.36. The fraction of sp³-hybridized carbons (Fsp3) is 0.300. The van der Waals surface area contributed by atoms with Crippen LogP contribution < -0.4 is 4.74 Å². The van der Waals surface area contributed by atoms with Crippen molar-refractivity contribution in [2.45, 2.75) is 18.9 Å². The quantitative estimate of drug-likeness (QED) is 0.727. The zero-order valence-electron chi connectivity index (χ0n) is 14.6. The highest BCUT2D eigenvalue weighted by Crippen LogP contribution is 2.26. The molecule has 0 amide bonds. The Hall–Kier alpha value is -2.40. The largest absolute Gasteiger partial charge is 0.497 e. The molecule has 0 aliphatic heterocycles. The van der Waals surface area contributed by atoms with Crippen molar-refractivity contribution in [2.75, 3.05) is 21.2 Å². The Morgan fingerprint density at radius 2 is 1.76 bits per heavy atom. The van der Waals surface area contributed by atoms with Gasteiger partial charge in [0, 0.05) is 29.2 Å². The fourth-order valence-electron chi connectivity index (χ4n) is 3.15. The molecule has 1 N–H and O–H groups in total. The Labute approximate surface area is 146 Å². The number of likely N-dealkylation sites (N-methyl/N-ethyl adjacent to an activating group) is 1. The second-order valence-corrected chi connectivity index (χ2v) is 6.53. The summed E-state index contributed by atoms with van der Waals surface area (Å²) in [6.07, 6.45) is 3.32. The van der Waals surface area contributed by atoms with Gasteiger partial charge in [-0.05, 0) is 68.4 Å². The van der Waals surface area contributed by atoms with Gasteiger partial charge in [0.2, 0.25) is 0 Å². The molecule has 25 heavy (non-hydrogen) atoms. The lowest BCUT2D eigenvalue weighted by atomic mass is 9.97. The van der Waals surface area contributed by atoms with E-state index in [1.165, 1.54) is 12.1 Å². The molecule has 0 aliphatic carbocycles. The molecule has 0 saturated carbocycles. The van der Waals surface area contributed by atoms with Gasteiger partial charge in [0.25, 0.3) is 0 Å². The minimum Gasteiger partial charge on any atom is -0.497 e. The summed E-state index contributed by atoms with van der Waals surface area (Å²) in [5.74, 6) is -0.268. The van der Waals surface area contributed by atoms with Gasteiger partial charge in [0.1, 0.15) is 17.4 Å². The number of halogens is 2. The first kappa shape index (κ1) is 17.4. The first-order valence-corrected chi connectivity index (χ1v) is 8.21. The maximum absolute atomic E-state index is 13.5. The third kappa shape index (κ3) is 3.99. The highest BCUT2D eigenvalue weighted by molar-refractivity contribution is 5.84. The topological polar surface area (TPSA) is 28.3 Å². The van der Waals surface area contributed by atoms with Crippen LogP contribution in [-0.2, 0) is 12.8 Å². The lowest BCUT2D eigenvalue weighted by Gasteiger charge is -2.24. The van der Waals surface area contributed by atoms with E-state index in [-0.39, 0.29) is 6.04 Å².